The smallest absolute Gasteiger partial charge is 0.241 e. The summed E-state index contributed by atoms with van der Waals surface area (Å²) in [5.41, 5.74) is 5.95. The van der Waals surface area contributed by atoms with E-state index in [1.54, 1.807) is 0 Å². The summed E-state index contributed by atoms with van der Waals surface area (Å²) in [7, 11) is 0. The highest BCUT2D eigenvalue weighted by molar-refractivity contribution is 5.82. The van der Waals surface area contributed by atoms with E-state index in [9.17, 15) is 9.90 Å². The number of hydrogen-bond donors (Lipinski definition) is 3. The first-order valence-electron chi connectivity index (χ1n) is 6.91. The van der Waals surface area contributed by atoms with Crippen molar-refractivity contribution in [2.45, 2.75) is 43.7 Å². The number of hydrogen-bond acceptors (Lipinski definition) is 3. The summed E-state index contributed by atoms with van der Waals surface area (Å²) in [5.74, 6) is -0.231. The van der Waals surface area contributed by atoms with Crippen molar-refractivity contribution >= 4 is 5.91 Å². The van der Waals surface area contributed by atoms with Gasteiger partial charge in [0.15, 0.2) is 0 Å². The number of aliphatic hydroxyl groups is 1. The molecule has 1 aliphatic rings. The highest BCUT2D eigenvalue weighted by atomic mass is 16.3. The van der Waals surface area contributed by atoms with Crippen LogP contribution in [0.5, 0.6) is 0 Å². The van der Waals surface area contributed by atoms with Gasteiger partial charge in [0.1, 0.15) is 6.04 Å². The molecule has 19 heavy (non-hydrogen) atoms. The van der Waals surface area contributed by atoms with Gasteiger partial charge in [-0.15, -0.1) is 0 Å². The van der Waals surface area contributed by atoms with Gasteiger partial charge in [-0.25, -0.2) is 0 Å². The second-order valence-corrected chi connectivity index (χ2v) is 5.39. The largest absolute Gasteiger partial charge is 0.388 e. The molecule has 1 saturated carbocycles. The fraction of sp³-hybridized carbons (Fsp3) is 0.533. The van der Waals surface area contributed by atoms with E-state index in [1.165, 1.54) is 6.42 Å². The third-order valence-electron chi connectivity index (χ3n) is 3.82. The van der Waals surface area contributed by atoms with E-state index in [2.05, 4.69) is 5.32 Å². The maximum absolute atomic E-state index is 12.0. The van der Waals surface area contributed by atoms with Gasteiger partial charge in [-0.1, -0.05) is 49.6 Å². The maximum atomic E-state index is 12.0. The first kappa shape index (κ1) is 14.0. The van der Waals surface area contributed by atoms with Gasteiger partial charge in [0.2, 0.25) is 5.91 Å². The van der Waals surface area contributed by atoms with Crippen LogP contribution in [0.25, 0.3) is 0 Å². The summed E-state index contributed by atoms with van der Waals surface area (Å²) in [5, 5.41) is 13.1. The Hall–Kier alpha value is -1.39. The molecule has 104 valence electrons. The Kier molecular flexibility index (Phi) is 4.56. The van der Waals surface area contributed by atoms with Crippen molar-refractivity contribution in [1.29, 1.82) is 0 Å². The Morgan fingerprint density at radius 3 is 2.53 bits per heavy atom. The first-order valence-corrected chi connectivity index (χ1v) is 6.91. The topological polar surface area (TPSA) is 75.4 Å². The number of benzene rings is 1. The molecule has 1 atom stereocenters. The summed E-state index contributed by atoms with van der Waals surface area (Å²) < 4.78 is 0. The molecule has 0 heterocycles. The van der Waals surface area contributed by atoms with Crippen LogP contribution in [0.15, 0.2) is 30.3 Å². The van der Waals surface area contributed by atoms with E-state index in [-0.39, 0.29) is 5.91 Å². The van der Waals surface area contributed by atoms with E-state index in [4.69, 9.17) is 5.73 Å². The summed E-state index contributed by atoms with van der Waals surface area (Å²) in [6.07, 6.45) is 4.73. The van der Waals surface area contributed by atoms with E-state index in [0.29, 0.717) is 6.54 Å². The molecule has 2 rings (SSSR count). The number of amides is 1. The normalized spacial score (nSPS) is 19.7. The van der Waals surface area contributed by atoms with E-state index in [1.807, 2.05) is 30.3 Å². The Labute approximate surface area is 114 Å². The van der Waals surface area contributed by atoms with Gasteiger partial charge in [-0.05, 0) is 18.4 Å². The van der Waals surface area contributed by atoms with E-state index >= 15 is 0 Å². The predicted octanol–water partition coefficient (Wildman–Crippen LogP) is 1.50. The van der Waals surface area contributed by atoms with Crippen LogP contribution < -0.4 is 11.1 Å². The van der Waals surface area contributed by atoms with Crippen LogP contribution in [0.4, 0.5) is 0 Å². The van der Waals surface area contributed by atoms with Gasteiger partial charge in [0.25, 0.3) is 0 Å². The molecule has 1 aromatic rings. The van der Waals surface area contributed by atoms with Gasteiger partial charge in [-0.2, -0.15) is 0 Å². The molecule has 0 bridgehead atoms. The Balaban J connectivity index is 1.87. The van der Waals surface area contributed by atoms with Crippen molar-refractivity contribution in [3.63, 3.8) is 0 Å². The number of carbonyl (C=O) groups is 1. The minimum Gasteiger partial charge on any atom is -0.388 e. The van der Waals surface area contributed by atoms with Crippen molar-refractivity contribution in [3.05, 3.63) is 35.9 Å². The number of carbonyl (C=O) groups excluding carboxylic acids is 1. The van der Waals surface area contributed by atoms with Gasteiger partial charge in [-0.3, -0.25) is 4.79 Å². The van der Waals surface area contributed by atoms with Crippen LogP contribution >= 0.6 is 0 Å². The lowest BCUT2D eigenvalue weighted by atomic mass is 9.85. The Morgan fingerprint density at radius 1 is 1.26 bits per heavy atom. The standard InChI is InChI=1S/C15H22N2O2/c16-13(12-7-3-1-4-8-12)14(18)17-11-15(19)9-5-2-6-10-15/h1,3-4,7-8,13,19H,2,5-6,9-11,16H2,(H,17,18)/t13-/m1/s1. The lowest BCUT2D eigenvalue weighted by Gasteiger charge is -2.32. The zero-order chi connectivity index (χ0) is 13.7. The van der Waals surface area contributed by atoms with Gasteiger partial charge >= 0.3 is 0 Å². The van der Waals surface area contributed by atoms with Crippen molar-refractivity contribution < 1.29 is 9.90 Å². The highest BCUT2D eigenvalue weighted by Crippen LogP contribution is 2.27. The van der Waals surface area contributed by atoms with Crippen LogP contribution in [0.1, 0.15) is 43.7 Å². The SMILES string of the molecule is N[C@@H](C(=O)NCC1(O)CCCCC1)c1ccccc1. The van der Waals surface area contributed by atoms with Gasteiger partial charge < -0.3 is 16.2 Å². The lowest BCUT2D eigenvalue weighted by molar-refractivity contribution is -0.124. The Bertz CT molecular complexity index is 413. The molecule has 1 amide bonds. The lowest BCUT2D eigenvalue weighted by Crippen LogP contribution is -2.46. The molecule has 1 aromatic carbocycles. The third-order valence-corrected chi connectivity index (χ3v) is 3.82. The van der Waals surface area contributed by atoms with Gasteiger partial charge in [0.05, 0.1) is 5.60 Å². The zero-order valence-corrected chi connectivity index (χ0v) is 11.1. The van der Waals surface area contributed by atoms with Crippen LogP contribution in [0.2, 0.25) is 0 Å². The number of nitrogens with one attached hydrogen (secondary N) is 1. The van der Waals surface area contributed by atoms with Crippen molar-refractivity contribution in [2.24, 2.45) is 5.73 Å². The third kappa shape index (κ3) is 3.78. The summed E-state index contributed by atoms with van der Waals surface area (Å²) in [6.45, 7) is 0.298. The second kappa shape index (κ2) is 6.17. The molecule has 4 N–H and O–H groups in total. The predicted molar refractivity (Wildman–Crippen MR) is 74.4 cm³/mol. The molecule has 0 unspecified atom stereocenters. The first-order chi connectivity index (χ1) is 9.11. The molecule has 0 aliphatic heterocycles. The van der Waals surface area contributed by atoms with Crippen molar-refractivity contribution in [1.82, 2.24) is 5.32 Å². The van der Waals surface area contributed by atoms with Crippen molar-refractivity contribution in [3.8, 4) is 0 Å². The molecule has 1 aliphatic carbocycles. The summed E-state index contributed by atoms with van der Waals surface area (Å²) in [4.78, 5) is 12.0. The van der Waals surface area contributed by atoms with Crippen LogP contribution in [0.3, 0.4) is 0 Å². The average molecular weight is 262 g/mol. The van der Waals surface area contributed by atoms with E-state index < -0.39 is 11.6 Å². The van der Waals surface area contributed by atoms with Crippen LogP contribution in [0, 0.1) is 0 Å². The Morgan fingerprint density at radius 2 is 1.89 bits per heavy atom. The second-order valence-electron chi connectivity index (χ2n) is 5.39. The minimum absolute atomic E-state index is 0.231. The molecule has 4 heteroatoms. The summed E-state index contributed by atoms with van der Waals surface area (Å²) >= 11 is 0. The molecule has 0 radical (unpaired) electrons. The minimum atomic E-state index is -0.746. The molecular formula is C15H22N2O2. The average Bonchev–Trinajstić information content (AvgIpc) is 2.46. The molecule has 4 nitrogen and oxygen atoms in total. The zero-order valence-electron chi connectivity index (χ0n) is 11.1. The van der Waals surface area contributed by atoms with Gasteiger partial charge in [0, 0.05) is 6.54 Å². The van der Waals surface area contributed by atoms with Crippen LogP contribution in [-0.2, 0) is 4.79 Å². The molecule has 0 saturated heterocycles. The quantitative estimate of drug-likeness (QED) is 0.769. The molecule has 0 spiro atoms. The fourth-order valence-corrected chi connectivity index (χ4v) is 2.56. The highest BCUT2D eigenvalue weighted by Gasteiger charge is 2.30. The maximum Gasteiger partial charge on any atom is 0.241 e. The monoisotopic (exact) mass is 262 g/mol. The summed E-state index contributed by atoms with van der Waals surface area (Å²) in [6, 6.07) is 8.60. The van der Waals surface area contributed by atoms with Crippen molar-refractivity contribution in [2.75, 3.05) is 6.54 Å². The van der Waals surface area contributed by atoms with E-state index in [0.717, 1.165) is 31.2 Å². The number of nitrogens with two attached hydrogens (primary N) is 1. The number of rotatable bonds is 4. The molecule has 1 fully saturated rings. The van der Waals surface area contributed by atoms with Crippen LogP contribution in [-0.4, -0.2) is 23.2 Å². The molecule has 0 aromatic heterocycles. The molecular weight excluding hydrogens is 240 g/mol. The fourth-order valence-electron chi connectivity index (χ4n) is 2.56.